The molecule has 5 heteroatoms. The zero-order valence-corrected chi connectivity index (χ0v) is 9.59. The summed E-state index contributed by atoms with van der Waals surface area (Å²) in [4.78, 5) is 2.80. The number of aryl methyl sites for hydroxylation is 1. The van der Waals surface area contributed by atoms with E-state index in [2.05, 4.69) is 20.2 Å². The van der Waals surface area contributed by atoms with Crippen LogP contribution in [0.3, 0.4) is 0 Å². The first-order valence-corrected chi connectivity index (χ1v) is 5.49. The Balaban J connectivity index is 2.47. The number of aromatic nitrogens is 2. The summed E-state index contributed by atoms with van der Waals surface area (Å²) in [5.74, 6) is 0. The second-order valence-corrected chi connectivity index (χ2v) is 3.64. The van der Waals surface area contributed by atoms with Crippen molar-refractivity contribution >= 4 is 0 Å². The quantitative estimate of drug-likeness (QED) is 0.484. The lowest BCUT2D eigenvalue weighted by molar-refractivity contribution is 0.944. The molecule has 0 radical (unpaired) electrons. The molecule has 0 unspecified atom stereocenters. The van der Waals surface area contributed by atoms with Gasteiger partial charge < -0.3 is 0 Å². The summed E-state index contributed by atoms with van der Waals surface area (Å²) in [6, 6.07) is 9.88. The van der Waals surface area contributed by atoms with Crippen LogP contribution in [0.2, 0.25) is 0 Å². The number of nitrogens with zero attached hydrogens (tertiary/aromatic N) is 4. The highest BCUT2D eigenvalue weighted by Crippen LogP contribution is 2.24. The van der Waals surface area contributed by atoms with Gasteiger partial charge in [-0.05, 0) is 12.0 Å². The van der Waals surface area contributed by atoms with E-state index in [9.17, 15) is 0 Å². The first kappa shape index (κ1) is 11.2. The van der Waals surface area contributed by atoms with Crippen molar-refractivity contribution in [3.63, 3.8) is 0 Å². The van der Waals surface area contributed by atoms with Crippen molar-refractivity contribution in [2.24, 2.45) is 5.11 Å². The van der Waals surface area contributed by atoms with E-state index in [1.54, 1.807) is 0 Å². The van der Waals surface area contributed by atoms with Gasteiger partial charge in [0.2, 0.25) is 0 Å². The number of rotatable bonds is 4. The van der Waals surface area contributed by atoms with Crippen molar-refractivity contribution in [3.05, 3.63) is 52.0 Å². The lowest BCUT2D eigenvalue weighted by Gasteiger charge is -2.01. The number of H-pyrrole nitrogens is 1. The standard InChI is InChI=1S/C12H13N5/c1-2-11-10(8-14-17-13)12(16-15-11)9-6-4-3-5-7-9/h3-7H,2,8H2,1H3,(H,15,16). The molecule has 0 aliphatic carbocycles. The van der Waals surface area contributed by atoms with Crippen molar-refractivity contribution in [1.82, 2.24) is 10.2 Å². The molecule has 0 saturated carbocycles. The number of azide groups is 1. The Morgan fingerprint density at radius 1 is 1.35 bits per heavy atom. The van der Waals surface area contributed by atoms with Crippen LogP contribution >= 0.6 is 0 Å². The highest BCUT2D eigenvalue weighted by Gasteiger charge is 2.12. The molecule has 1 N–H and O–H groups in total. The zero-order chi connectivity index (χ0) is 12.1. The minimum Gasteiger partial charge on any atom is -0.282 e. The molecule has 5 nitrogen and oxygen atoms in total. The lowest BCUT2D eigenvalue weighted by atomic mass is 10.1. The average molecular weight is 227 g/mol. The Morgan fingerprint density at radius 2 is 2.12 bits per heavy atom. The molecular formula is C12H13N5. The number of benzene rings is 1. The second kappa shape index (κ2) is 5.18. The third-order valence-corrected chi connectivity index (χ3v) is 2.65. The summed E-state index contributed by atoms with van der Waals surface area (Å²) in [5.41, 5.74) is 12.3. The molecule has 17 heavy (non-hydrogen) atoms. The second-order valence-electron chi connectivity index (χ2n) is 3.64. The molecule has 2 rings (SSSR count). The van der Waals surface area contributed by atoms with E-state index >= 15 is 0 Å². The van der Waals surface area contributed by atoms with Gasteiger partial charge in [0.25, 0.3) is 0 Å². The Bertz CT molecular complexity index is 537. The van der Waals surface area contributed by atoms with E-state index in [-0.39, 0.29) is 0 Å². The maximum absolute atomic E-state index is 8.42. The molecule has 1 aromatic heterocycles. The first-order valence-electron chi connectivity index (χ1n) is 5.49. The van der Waals surface area contributed by atoms with Crippen molar-refractivity contribution < 1.29 is 0 Å². The molecule has 0 aliphatic rings. The molecule has 2 aromatic rings. The van der Waals surface area contributed by atoms with Crippen LogP contribution in [0.15, 0.2) is 35.4 Å². The van der Waals surface area contributed by atoms with E-state index in [0.717, 1.165) is 28.9 Å². The Morgan fingerprint density at radius 3 is 2.76 bits per heavy atom. The largest absolute Gasteiger partial charge is 0.282 e. The van der Waals surface area contributed by atoms with Gasteiger partial charge in [0, 0.05) is 21.7 Å². The molecule has 86 valence electrons. The van der Waals surface area contributed by atoms with Crippen LogP contribution < -0.4 is 0 Å². The summed E-state index contributed by atoms with van der Waals surface area (Å²) >= 11 is 0. The minimum atomic E-state index is 0.334. The predicted octanol–water partition coefficient (Wildman–Crippen LogP) is 3.45. The minimum absolute atomic E-state index is 0.334. The van der Waals surface area contributed by atoms with Gasteiger partial charge in [-0.2, -0.15) is 5.10 Å². The molecule has 1 aromatic carbocycles. The Kier molecular flexibility index (Phi) is 3.43. The van der Waals surface area contributed by atoms with Gasteiger partial charge in [-0.25, -0.2) is 0 Å². The number of hydrogen-bond donors (Lipinski definition) is 1. The van der Waals surface area contributed by atoms with Crippen molar-refractivity contribution in [1.29, 1.82) is 0 Å². The van der Waals surface area contributed by atoms with Gasteiger partial charge in [0.05, 0.1) is 12.2 Å². The fourth-order valence-corrected chi connectivity index (χ4v) is 1.80. The smallest absolute Gasteiger partial charge is 0.0956 e. The normalized spacial score (nSPS) is 9.94. The molecule has 0 aliphatic heterocycles. The Labute approximate surface area is 99.1 Å². The first-order chi connectivity index (χ1) is 8.36. The van der Waals surface area contributed by atoms with E-state index in [1.165, 1.54) is 0 Å². The fourth-order valence-electron chi connectivity index (χ4n) is 1.80. The highest BCUT2D eigenvalue weighted by molar-refractivity contribution is 5.63. The van der Waals surface area contributed by atoms with Crippen LogP contribution in [0.25, 0.3) is 21.7 Å². The van der Waals surface area contributed by atoms with E-state index < -0.39 is 0 Å². The number of nitrogens with one attached hydrogen (secondary N) is 1. The maximum atomic E-state index is 8.42. The summed E-state index contributed by atoms with van der Waals surface area (Å²) in [6.07, 6.45) is 0.843. The van der Waals surface area contributed by atoms with Gasteiger partial charge >= 0.3 is 0 Å². The molecular weight excluding hydrogens is 214 g/mol. The fraction of sp³-hybridized carbons (Fsp3) is 0.250. The maximum Gasteiger partial charge on any atom is 0.0956 e. The van der Waals surface area contributed by atoms with E-state index in [0.29, 0.717) is 6.54 Å². The number of aromatic amines is 1. The third-order valence-electron chi connectivity index (χ3n) is 2.65. The predicted molar refractivity (Wildman–Crippen MR) is 66.3 cm³/mol. The molecule has 0 saturated heterocycles. The van der Waals surface area contributed by atoms with Crippen LogP contribution in [0, 0.1) is 0 Å². The van der Waals surface area contributed by atoms with Crippen molar-refractivity contribution in [2.75, 3.05) is 0 Å². The van der Waals surface area contributed by atoms with E-state index in [4.69, 9.17) is 5.53 Å². The van der Waals surface area contributed by atoms with Crippen molar-refractivity contribution in [3.8, 4) is 11.3 Å². The SMILES string of the molecule is CCc1[nH]nc(-c2ccccc2)c1CN=[N+]=[N-]. The van der Waals surface area contributed by atoms with Gasteiger partial charge in [-0.1, -0.05) is 42.4 Å². The van der Waals surface area contributed by atoms with Crippen LogP contribution in [-0.4, -0.2) is 10.2 Å². The van der Waals surface area contributed by atoms with Crippen LogP contribution in [-0.2, 0) is 13.0 Å². The summed E-state index contributed by atoms with van der Waals surface area (Å²) in [5, 5.41) is 10.9. The molecule has 0 amide bonds. The van der Waals surface area contributed by atoms with Crippen molar-refractivity contribution in [2.45, 2.75) is 19.9 Å². The third kappa shape index (κ3) is 2.29. The molecule has 0 fully saturated rings. The summed E-state index contributed by atoms with van der Waals surface area (Å²) in [7, 11) is 0. The van der Waals surface area contributed by atoms with Crippen LogP contribution in [0.1, 0.15) is 18.2 Å². The van der Waals surface area contributed by atoms with E-state index in [1.807, 2.05) is 37.3 Å². The van der Waals surface area contributed by atoms with Gasteiger partial charge in [0.15, 0.2) is 0 Å². The monoisotopic (exact) mass is 227 g/mol. The molecule has 1 heterocycles. The lowest BCUT2D eigenvalue weighted by Crippen LogP contribution is -1.89. The average Bonchev–Trinajstić information content (AvgIpc) is 2.80. The Hall–Kier alpha value is -2.26. The molecule has 0 spiro atoms. The summed E-state index contributed by atoms with van der Waals surface area (Å²) in [6.45, 7) is 2.38. The number of hydrogen-bond acceptors (Lipinski definition) is 2. The zero-order valence-electron chi connectivity index (χ0n) is 9.59. The van der Waals surface area contributed by atoms with Crippen LogP contribution in [0.4, 0.5) is 0 Å². The van der Waals surface area contributed by atoms with Gasteiger partial charge in [0.1, 0.15) is 0 Å². The molecule has 0 bridgehead atoms. The summed E-state index contributed by atoms with van der Waals surface area (Å²) < 4.78 is 0. The molecule has 0 atom stereocenters. The highest BCUT2D eigenvalue weighted by atomic mass is 15.2. The van der Waals surface area contributed by atoms with Crippen LogP contribution in [0.5, 0.6) is 0 Å². The topological polar surface area (TPSA) is 77.4 Å². The van der Waals surface area contributed by atoms with Gasteiger partial charge in [-0.3, -0.25) is 5.10 Å². The van der Waals surface area contributed by atoms with Gasteiger partial charge in [-0.15, -0.1) is 0 Å².